The lowest BCUT2D eigenvalue weighted by molar-refractivity contribution is 0.170. The standard InChI is InChI=1S/C15H25NO3/c1-11(2)16-8-13-6-5-7-14(18-4)15(13)19-10-12(3)9-17/h5-7,11-12,16-17H,8-10H2,1-4H3. The monoisotopic (exact) mass is 267 g/mol. The summed E-state index contributed by atoms with van der Waals surface area (Å²) in [5.74, 6) is 1.60. The van der Waals surface area contributed by atoms with E-state index in [0.29, 0.717) is 12.6 Å². The van der Waals surface area contributed by atoms with Gasteiger partial charge in [0, 0.05) is 30.7 Å². The highest BCUT2D eigenvalue weighted by molar-refractivity contribution is 5.46. The van der Waals surface area contributed by atoms with Crippen LogP contribution in [0.2, 0.25) is 0 Å². The average molecular weight is 267 g/mol. The number of rotatable bonds is 8. The molecule has 108 valence electrons. The van der Waals surface area contributed by atoms with Gasteiger partial charge in [0.2, 0.25) is 0 Å². The van der Waals surface area contributed by atoms with Crippen molar-refractivity contribution in [3.8, 4) is 11.5 Å². The van der Waals surface area contributed by atoms with Gasteiger partial charge in [0.15, 0.2) is 11.5 Å². The Balaban J connectivity index is 2.83. The lowest BCUT2D eigenvalue weighted by atomic mass is 10.1. The number of nitrogens with one attached hydrogen (secondary N) is 1. The second-order valence-corrected chi connectivity index (χ2v) is 5.08. The number of hydrogen-bond donors (Lipinski definition) is 2. The SMILES string of the molecule is COc1cccc(CNC(C)C)c1OCC(C)CO. The molecule has 0 heterocycles. The van der Waals surface area contributed by atoms with E-state index in [4.69, 9.17) is 14.6 Å². The highest BCUT2D eigenvalue weighted by Gasteiger charge is 2.12. The van der Waals surface area contributed by atoms with Crippen molar-refractivity contribution in [2.24, 2.45) is 5.92 Å². The highest BCUT2D eigenvalue weighted by Crippen LogP contribution is 2.31. The van der Waals surface area contributed by atoms with Gasteiger partial charge >= 0.3 is 0 Å². The van der Waals surface area contributed by atoms with E-state index in [-0.39, 0.29) is 12.5 Å². The normalized spacial score (nSPS) is 12.5. The molecule has 0 radical (unpaired) electrons. The molecule has 1 aromatic carbocycles. The summed E-state index contributed by atoms with van der Waals surface area (Å²) in [6.07, 6.45) is 0. The van der Waals surface area contributed by atoms with Crippen LogP contribution in [0.1, 0.15) is 26.3 Å². The maximum atomic E-state index is 9.06. The third-order valence-corrected chi connectivity index (χ3v) is 2.80. The summed E-state index contributed by atoms with van der Waals surface area (Å²) in [6, 6.07) is 6.28. The third-order valence-electron chi connectivity index (χ3n) is 2.80. The minimum absolute atomic E-state index is 0.107. The molecule has 4 nitrogen and oxygen atoms in total. The summed E-state index contributed by atoms with van der Waals surface area (Å²) in [5, 5.41) is 12.4. The van der Waals surface area contributed by atoms with Crippen molar-refractivity contribution in [2.45, 2.75) is 33.4 Å². The van der Waals surface area contributed by atoms with Gasteiger partial charge in [0.25, 0.3) is 0 Å². The summed E-state index contributed by atoms with van der Waals surface area (Å²) in [5.41, 5.74) is 1.07. The molecule has 0 aliphatic carbocycles. The van der Waals surface area contributed by atoms with Gasteiger partial charge in [-0.3, -0.25) is 0 Å². The van der Waals surface area contributed by atoms with Crippen molar-refractivity contribution >= 4 is 0 Å². The fraction of sp³-hybridized carbons (Fsp3) is 0.600. The van der Waals surface area contributed by atoms with Crippen LogP contribution in [0.4, 0.5) is 0 Å². The zero-order valence-electron chi connectivity index (χ0n) is 12.3. The second kappa shape index (κ2) is 8.02. The van der Waals surface area contributed by atoms with Crippen LogP contribution >= 0.6 is 0 Å². The van der Waals surface area contributed by atoms with E-state index in [1.807, 2.05) is 25.1 Å². The summed E-state index contributed by atoms with van der Waals surface area (Å²) >= 11 is 0. The first kappa shape index (κ1) is 15.8. The molecule has 0 amide bonds. The molecule has 0 bridgehead atoms. The van der Waals surface area contributed by atoms with Gasteiger partial charge in [0.1, 0.15) is 0 Å². The third kappa shape index (κ3) is 5.09. The lowest BCUT2D eigenvalue weighted by Gasteiger charge is -2.18. The molecule has 1 unspecified atom stereocenters. The van der Waals surface area contributed by atoms with Gasteiger partial charge < -0.3 is 19.9 Å². The number of para-hydroxylation sites is 1. The molecule has 1 atom stereocenters. The molecule has 0 saturated heterocycles. The predicted octanol–water partition coefficient (Wildman–Crippen LogP) is 2.20. The van der Waals surface area contributed by atoms with Crippen molar-refractivity contribution in [3.05, 3.63) is 23.8 Å². The van der Waals surface area contributed by atoms with E-state index in [1.54, 1.807) is 7.11 Å². The van der Waals surface area contributed by atoms with Gasteiger partial charge in [0.05, 0.1) is 13.7 Å². The maximum absolute atomic E-state index is 9.06. The summed E-state index contributed by atoms with van der Waals surface area (Å²) in [6.45, 7) is 7.49. The Bertz CT molecular complexity index is 380. The number of benzene rings is 1. The zero-order valence-corrected chi connectivity index (χ0v) is 12.3. The van der Waals surface area contributed by atoms with Crippen LogP contribution in [0.15, 0.2) is 18.2 Å². The molecular weight excluding hydrogens is 242 g/mol. The Hall–Kier alpha value is -1.26. The zero-order chi connectivity index (χ0) is 14.3. The number of ether oxygens (including phenoxy) is 2. The first-order valence-corrected chi connectivity index (χ1v) is 6.71. The van der Waals surface area contributed by atoms with Crippen LogP contribution in [0, 0.1) is 5.92 Å². The average Bonchev–Trinajstić information content (AvgIpc) is 2.42. The fourth-order valence-electron chi connectivity index (χ4n) is 1.62. The van der Waals surface area contributed by atoms with E-state index >= 15 is 0 Å². The molecule has 0 aliphatic rings. The molecule has 4 heteroatoms. The molecule has 2 N–H and O–H groups in total. The van der Waals surface area contributed by atoms with Gasteiger partial charge in [-0.15, -0.1) is 0 Å². The number of aliphatic hydroxyl groups excluding tert-OH is 1. The van der Waals surface area contributed by atoms with Crippen LogP contribution < -0.4 is 14.8 Å². The largest absolute Gasteiger partial charge is 0.493 e. The van der Waals surface area contributed by atoms with Crippen LogP contribution in [0.3, 0.4) is 0 Å². The van der Waals surface area contributed by atoms with E-state index in [9.17, 15) is 0 Å². The first-order valence-electron chi connectivity index (χ1n) is 6.71. The molecule has 0 fully saturated rings. The fourth-order valence-corrected chi connectivity index (χ4v) is 1.62. The minimum Gasteiger partial charge on any atom is -0.493 e. The molecule has 1 rings (SSSR count). The topological polar surface area (TPSA) is 50.7 Å². The molecular formula is C15H25NO3. The van der Waals surface area contributed by atoms with Gasteiger partial charge in [-0.2, -0.15) is 0 Å². The Kier molecular flexibility index (Phi) is 6.67. The van der Waals surface area contributed by atoms with Crippen LogP contribution in [-0.4, -0.2) is 31.5 Å². The molecule has 1 aromatic rings. The van der Waals surface area contributed by atoms with Crippen molar-refractivity contribution in [1.29, 1.82) is 0 Å². The molecule has 0 saturated carbocycles. The number of hydrogen-bond acceptors (Lipinski definition) is 4. The van der Waals surface area contributed by atoms with Crippen LogP contribution in [-0.2, 0) is 6.54 Å². The number of aliphatic hydroxyl groups is 1. The second-order valence-electron chi connectivity index (χ2n) is 5.08. The van der Waals surface area contributed by atoms with Crippen molar-refractivity contribution in [3.63, 3.8) is 0 Å². The van der Waals surface area contributed by atoms with E-state index in [2.05, 4.69) is 19.2 Å². The maximum Gasteiger partial charge on any atom is 0.165 e. The van der Waals surface area contributed by atoms with Gasteiger partial charge in [-0.25, -0.2) is 0 Å². The molecule has 0 spiro atoms. The summed E-state index contributed by atoms with van der Waals surface area (Å²) in [4.78, 5) is 0. The molecule has 0 aromatic heterocycles. The van der Waals surface area contributed by atoms with Gasteiger partial charge in [-0.1, -0.05) is 32.9 Å². The Morgan fingerprint density at radius 1 is 1.26 bits per heavy atom. The Morgan fingerprint density at radius 3 is 2.58 bits per heavy atom. The van der Waals surface area contributed by atoms with Crippen molar-refractivity contribution < 1.29 is 14.6 Å². The first-order chi connectivity index (χ1) is 9.08. The predicted molar refractivity (Wildman–Crippen MR) is 76.7 cm³/mol. The molecule has 19 heavy (non-hydrogen) atoms. The van der Waals surface area contributed by atoms with E-state index in [0.717, 1.165) is 23.6 Å². The van der Waals surface area contributed by atoms with Crippen LogP contribution in [0.25, 0.3) is 0 Å². The summed E-state index contributed by atoms with van der Waals surface area (Å²) < 4.78 is 11.2. The Labute approximate surface area is 115 Å². The molecule has 0 aliphatic heterocycles. The smallest absolute Gasteiger partial charge is 0.165 e. The van der Waals surface area contributed by atoms with Gasteiger partial charge in [-0.05, 0) is 6.07 Å². The van der Waals surface area contributed by atoms with Crippen molar-refractivity contribution in [2.75, 3.05) is 20.3 Å². The minimum atomic E-state index is 0.107. The Morgan fingerprint density at radius 2 is 2.00 bits per heavy atom. The highest BCUT2D eigenvalue weighted by atomic mass is 16.5. The summed E-state index contributed by atoms with van der Waals surface area (Å²) in [7, 11) is 1.64. The number of methoxy groups -OCH3 is 1. The quantitative estimate of drug-likeness (QED) is 0.758. The lowest BCUT2D eigenvalue weighted by Crippen LogP contribution is -2.22. The van der Waals surface area contributed by atoms with E-state index < -0.39 is 0 Å². The van der Waals surface area contributed by atoms with Crippen molar-refractivity contribution in [1.82, 2.24) is 5.32 Å². The van der Waals surface area contributed by atoms with Crippen LogP contribution in [0.5, 0.6) is 11.5 Å². The van der Waals surface area contributed by atoms with E-state index in [1.165, 1.54) is 0 Å².